The second kappa shape index (κ2) is 10.1. The maximum Gasteiger partial charge on any atom is 0.236 e. The molecule has 0 aliphatic heterocycles. The van der Waals surface area contributed by atoms with Gasteiger partial charge < -0.3 is 13.9 Å². The predicted molar refractivity (Wildman–Crippen MR) is 120 cm³/mol. The van der Waals surface area contributed by atoms with Gasteiger partial charge in [-0.05, 0) is 30.2 Å². The standard InChI is InChI=1S/C24H24N4O2S/c1-19(31-24-26-25-18-28(24)17-22-13-8-14-30-22)23(29)27(15-20-9-4-2-5-10-20)16-21-11-6-3-7-12-21/h2-14,18-19H,15-17H2,1H3. The number of hydrogen-bond acceptors (Lipinski definition) is 5. The zero-order chi connectivity index (χ0) is 21.5. The Labute approximate surface area is 185 Å². The van der Waals surface area contributed by atoms with Crippen LogP contribution < -0.4 is 0 Å². The van der Waals surface area contributed by atoms with Gasteiger partial charge in [-0.3, -0.25) is 4.79 Å². The third kappa shape index (κ3) is 5.64. The lowest BCUT2D eigenvalue weighted by Crippen LogP contribution is -2.35. The van der Waals surface area contributed by atoms with Crippen LogP contribution in [-0.4, -0.2) is 30.8 Å². The zero-order valence-electron chi connectivity index (χ0n) is 17.3. The summed E-state index contributed by atoms with van der Waals surface area (Å²) in [4.78, 5) is 15.3. The van der Waals surface area contributed by atoms with Crippen LogP contribution in [0, 0.1) is 0 Å². The second-order valence-electron chi connectivity index (χ2n) is 7.25. The van der Waals surface area contributed by atoms with Crippen LogP contribution in [0.25, 0.3) is 0 Å². The molecule has 4 rings (SSSR count). The van der Waals surface area contributed by atoms with Crippen molar-refractivity contribution in [1.29, 1.82) is 0 Å². The van der Waals surface area contributed by atoms with E-state index < -0.39 is 0 Å². The van der Waals surface area contributed by atoms with E-state index in [1.54, 1.807) is 12.6 Å². The molecule has 0 saturated heterocycles. The van der Waals surface area contributed by atoms with Crippen LogP contribution >= 0.6 is 11.8 Å². The Kier molecular flexibility index (Phi) is 6.84. The van der Waals surface area contributed by atoms with E-state index in [1.807, 2.05) is 89.2 Å². The number of thioether (sulfide) groups is 1. The molecule has 1 amide bonds. The lowest BCUT2D eigenvalue weighted by Gasteiger charge is -2.26. The van der Waals surface area contributed by atoms with Crippen LogP contribution in [0.4, 0.5) is 0 Å². The topological polar surface area (TPSA) is 64.2 Å². The van der Waals surface area contributed by atoms with Crippen molar-refractivity contribution in [3.05, 3.63) is 102 Å². The van der Waals surface area contributed by atoms with E-state index in [0.29, 0.717) is 24.8 Å². The fourth-order valence-electron chi connectivity index (χ4n) is 3.30. The lowest BCUT2D eigenvalue weighted by atomic mass is 10.1. The number of carbonyl (C=O) groups is 1. The molecule has 0 radical (unpaired) electrons. The molecular weight excluding hydrogens is 408 g/mol. The van der Waals surface area contributed by atoms with Crippen molar-refractivity contribution in [2.24, 2.45) is 0 Å². The minimum absolute atomic E-state index is 0.0604. The molecule has 0 aliphatic rings. The maximum absolute atomic E-state index is 13.4. The first-order valence-corrected chi connectivity index (χ1v) is 11.0. The van der Waals surface area contributed by atoms with E-state index >= 15 is 0 Å². The van der Waals surface area contributed by atoms with E-state index in [9.17, 15) is 4.79 Å². The summed E-state index contributed by atoms with van der Waals surface area (Å²) in [6, 6.07) is 23.9. The summed E-state index contributed by atoms with van der Waals surface area (Å²) in [7, 11) is 0. The summed E-state index contributed by atoms with van der Waals surface area (Å²) in [5.74, 6) is 0.876. The minimum atomic E-state index is -0.313. The van der Waals surface area contributed by atoms with Gasteiger partial charge in [0.15, 0.2) is 5.16 Å². The Balaban J connectivity index is 1.49. The van der Waals surface area contributed by atoms with Crippen molar-refractivity contribution in [2.75, 3.05) is 0 Å². The number of furan rings is 1. The number of amides is 1. The summed E-state index contributed by atoms with van der Waals surface area (Å²) in [6.07, 6.45) is 3.30. The Morgan fingerprint density at radius 3 is 2.23 bits per heavy atom. The molecule has 158 valence electrons. The number of benzene rings is 2. The van der Waals surface area contributed by atoms with Gasteiger partial charge >= 0.3 is 0 Å². The highest BCUT2D eigenvalue weighted by atomic mass is 32.2. The molecule has 1 unspecified atom stereocenters. The highest BCUT2D eigenvalue weighted by Crippen LogP contribution is 2.25. The monoisotopic (exact) mass is 432 g/mol. The van der Waals surface area contributed by atoms with Gasteiger partial charge in [0.05, 0.1) is 18.1 Å². The van der Waals surface area contributed by atoms with Crippen molar-refractivity contribution < 1.29 is 9.21 Å². The fourth-order valence-corrected chi connectivity index (χ4v) is 4.21. The van der Waals surface area contributed by atoms with Crippen molar-refractivity contribution in [2.45, 2.75) is 37.0 Å². The van der Waals surface area contributed by atoms with Crippen LogP contribution in [0.1, 0.15) is 23.8 Å². The Bertz CT molecular complexity index is 1040. The molecule has 2 heterocycles. The van der Waals surface area contributed by atoms with Gasteiger partial charge in [-0.25, -0.2) is 0 Å². The molecule has 6 nitrogen and oxygen atoms in total. The second-order valence-corrected chi connectivity index (χ2v) is 8.55. The third-order valence-electron chi connectivity index (χ3n) is 4.86. The SMILES string of the molecule is CC(Sc1nncn1Cc1ccco1)C(=O)N(Cc1ccccc1)Cc1ccccc1. The van der Waals surface area contributed by atoms with Crippen LogP contribution in [0.15, 0.2) is 95.0 Å². The van der Waals surface area contributed by atoms with E-state index in [-0.39, 0.29) is 11.2 Å². The molecule has 0 aliphatic carbocycles. The van der Waals surface area contributed by atoms with Gasteiger partial charge in [0.25, 0.3) is 0 Å². The predicted octanol–water partition coefficient (Wildman–Crippen LogP) is 4.63. The molecule has 1 atom stereocenters. The minimum Gasteiger partial charge on any atom is -0.467 e. The van der Waals surface area contributed by atoms with Crippen molar-refractivity contribution in [1.82, 2.24) is 19.7 Å². The van der Waals surface area contributed by atoms with Gasteiger partial charge in [0.1, 0.15) is 12.1 Å². The number of aromatic nitrogens is 3. The van der Waals surface area contributed by atoms with E-state index in [1.165, 1.54) is 11.8 Å². The Hall–Kier alpha value is -3.32. The van der Waals surface area contributed by atoms with E-state index in [0.717, 1.165) is 16.9 Å². The molecule has 0 saturated carbocycles. The first-order chi connectivity index (χ1) is 15.2. The smallest absolute Gasteiger partial charge is 0.236 e. The summed E-state index contributed by atoms with van der Waals surface area (Å²) in [5, 5.41) is 8.61. The van der Waals surface area contributed by atoms with Crippen LogP contribution in [0.2, 0.25) is 0 Å². The zero-order valence-corrected chi connectivity index (χ0v) is 18.1. The summed E-state index contributed by atoms with van der Waals surface area (Å²) in [5.41, 5.74) is 2.20. The van der Waals surface area contributed by atoms with Crippen molar-refractivity contribution in [3.63, 3.8) is 0 Å². The average Bonchev–Trinajstić information content (AvgIpc) is 3.47. The largest absolute Gasteiger partial charge is 0.467 e. The third-order valence-corrected chi connectivity index (χ3v) is 5.94. The highest BCUT2D eigenvalue weighted by Gasteiger charge is 2.24. The molecular formula is C24H24N4O2S. The first-order valence-electron chi connectivity index (χ1n) is 10.1. The van der Waals surface area contributed by atoms with Gasteiger partial charge in [-0.2, -0.15) is 0 Å². The molecule has 4 aromatic rings. The Morgan fingerprint density at radius 2 is 1.65 bits per heavy atom. The molecule has 0 bridgehead atoms. The van der Waals surface area contributed by atoms with E-state index in [4.69, 9.17) is 4.42 Å². The van der Waals surface area contributed by atoms with Crippen LogP contribution in [0.5, 0.6) is 0 Å². The lowest BCUT2D eigenvalue weighted by molar-refractivity contribution is -0.131. The Morgan fingerprint density at radius 1 is 1.00 bits per heavy atom. The van der Waals surface area contributed by atoms with Crippen molar-refractivity contribution in [3.8, 4) is 0 Å². The summed E-state index contributed by atoms with van der Waals surface area (Å²) >= 11 is 1.41. The van der Waals surface area contributed by atoms with Crippen LogP contribution in [0.3, 0.4) is 0 Å². The number of carbonyl (C=O) groups excluding carboxylic acids is 1. The normalized spacial score (nSPS) is 11.9. The summed E-state index contributed by atoms with van der Waals surface area (Å²) < 4.78 is 7.32. The highest BCUT2D eigenvalue weighted by molar-refractivity contribution is 8.00. The fraction of sp³-hybridized carbons (Fsp3) is 0.208. The van der Waals surface area contributed by atoms with Crippen molar-refractivity contribution >= 4 is 17.7 Å². The first kappa shape index (κ1) is 20.9. The number of nitrogens with zero attached hydrogens (tertiary/aromatic N) is 4. The van der Waals surface area contributed by atoms with Gasteiger partial charge in [0, 0.05) is 13.1 Å². The summed E-state index contributed by atoms with van der Waals surface area (Å²) in [6.45, 7) is 3.56. The van der Waals surface area contributed by atoms with Gasteiger partial charge in [-0.15, -0.1) is 10.2 Å². The molecule has 0 N–H and O–H groups in total. The average molecular weight is 433 g/mol. The molecule has 0 fully saturated rings. The van der Waals surface area contributed by atoms with Gasteiger partial charge in [-0.1, -0.05) is 72.4 Å². The van der Waals surface area contributed by atoms with Crippen LogP contribution in [-0.2, 0) is 24.4 Å². The molecule has 0 spiro atoms. The van der Waals surface area contributed by atoms with E-state index in [2.05, 4.69) is 10.2 Å². The number of rotatable bonds is 9. The quantitative estimate of drug-likeness (QED) is 0.361. The molecule has 7 heteroatoms. The molecule has 2 aromatic heterocycles. The molecule has 2 aromatic carbocycles. The number of hydrogen-bond donors (Lipinski definition) is 0. The van der Waals surface area contributed by atoms with Gasteiger partial charge in [0.2, 0.25) is 5.91 Å². The molecule has 31 heavy (non-hydrogen) atoms. The maximum atomic E-state index is 13.4.